The van der Waals surface area contributed by atoms with E-state index in [1.165, 1.54) is 4.90 Å². The number of hydrogen-bond donors (Lipinski definition) is 1. The van der Waals surface area contributed by atoms with Crippen LogP contribution in [0.5, 0.6) is 0 Å². The van der Waals surface area contributed by atoms with Gasteiger partial charge in [0, 0.05) is 6.20 Å². The summed E-state index contributed by atoms with van der Waals surface area (Å²) in [6.07, 6.45) is 3.76. The molecule has 0 fully saturated rings. The zero-order valence-electron chi connectivity index (χ0n) is 13.5. The van der Waals surface area contributed by atoms with Crippen LogP contribution in [0.25, 0.3) is 0 Å². The van der Waals surface area contributed by atoms with Crippen LogP contribution in [-0.4, -0.2) is 47.7 Å². The van der Waals surface area contributed by atoms with E-state index in [2.05, 4.69) is 5.32 Å². The predicted molar refractivity (Wildman–Crippen MR) is 79.9 cm³/mol. The SMILES string of the molecule is CCOC(=O)CN1C=CCCC(NC(=O)OC(C)(C)C)C1=O. The lowest BCUT2D eigenvalue weighted by Crippen LogP contribution is -2.48. The Morgan fingerprint density at radius 2 is 2.09 bits per heavy atom. The molecule has 22 heavy (non-hydrogen) atoms. The summed E-state index contributed by atoms with van der Waals surface area (Å²) in [6, 6.07) is -0.723. The number of rotatable bonds is 4. The third-order valence-electron chi connectivity index (χ3n) is 2.78. The number of alkyl carbamates (subject to hydrolysis) is 1. The van der Waals surface area contributed by atoms with Gasteiger partial charge in [-0.3, -0.25) is 9.59 Å². The van der Waals surface area contributed by atoms with Gasteiger partial charge in [-0.2, -0.15) is 0 Å². The minimum absolute atomic E-state index is 0.171. The van der Waals surface area contributed by atoms with Gasteiger partial charge in [0.25, 0.3) is 0 Å². The summed E-state index contributed by atoms with van der Waals surface area (Å²) in [6.45, 7) is 7.02. The summed E-state index contributed by atoms with van der Waals surface area (Å²) in [5.41, 5.74) is -0.638. The zero-order valence-corrected chi connectivity index (χ0v) is 13.5. The molecule has 0 bridgehead atoms. The quantitative estimate of drug-likeness (QED) is 0.797. The average Bonchev–Trinajstić information content (AvgIpc) is 2.52. The van der Waals surface area contributed by atoms with Gasteiger partial charge < -0.3 is 19.7 Å². The van der Waals surface area contributed by atoms with Crippen molar-refractivity contribution in [3.05, 3.63) is 12.3 Å². The molecule has 2 amide bonds. The van der Waals surface area contributed by atoms with Gasteiger partial charge in [-0.05, 0) is 40.5 Å². The van der Waals surface area contributed by atoms with Crippen molar-refractivity contribution in [2.45, 2.75) is 52.2 Å². The predicted octanol–water partition coefficient (Wildman–Crippen LogP) is 1.58. The van der Waals surface area contributed by atoms with E-state index in [4.69, 9.17) is 9.47 Å². The summed E-state index contributed by atoms with van der Waals surface area (Å²) in [4.78, 5) is 37.0. The molecule has 7 heteroatoms. The van der Waals surface area contributed by atoms with Gasteiger partial charge >= 0.3 is 12.1 Å². The van der Waals surface area contributed by atoms with Crippen LogP contribution < -0.4 is 5.32 Å². The van der Waals surface area contributed by atoms with Crippen LogP contribution in [-0.2, 0) is 19.1 Å². The van der Waals surface area contributed by atoms with Crippen LogP contribution in [0.2, 0.25) is 0 Å². The second kappa shape index (κ2) is 7.82. The molecule has 1 unspecified atom stereocenters. The fourth-order valence-corrected chi connectivity index (χ4v) is 1.92. The average molecular weight is 312 g/mol. The Morgan fingerprint density at radius 3 is 2.68 bits per heavy atom. The minimum Gasteiger partial charge on any atom is -0.465 e. The van der Waals surface area contributed by atoms with Crippen molar-refractivity contribution < 1.29 is 23.9 Å². The molecule has 0 spiro atoms. The Labute approximate surface area is 130 Å². The highest BCUT2D eigenvalue weighted by Crippen LogP contribution is 2.12. The number of amides is 2. The zero-order chi connectivity index (χ0) is 16.8. The van der Waals surface area contributed by atoms with E-state index in [0.717, 1.165) is 0 Å². The van der Waals surface area contributed by atoms with Crippen LogP contribution >= 0.6 is 0 Å². The number of esters is 1. The van der Waals surface area contributed by atoms with Crippen molar-refractivity contribution >= 4 is 18.0 Å². The van der Waals surface area contributed by atoms with Gasteiger partial charge in [-0.1, -0.05) is 6.08 Å². The Balaban J connectivity index is 2.66. The van der Waals surface area contributed by atoms with Gasteiger partial charge in [-0.15, -0.1) is 0 Å². The normalized spacial score (nSPS) is 18.6. The summed E-state index contributed by atoms with van der Waals surface area (Å²) in [5, 5.41) is 2.56. The second-order valence-electron chi connectivity index (χ2n) is 5.93. The summed E-state index contributed by atoms with van der Waals surface area (Å²) >= 11 is 0. The molecule has 0 aromatic heterocycles. The number of hydrogen-bond acceptors (Lipinski definition) is 5. The second-order valence-corrected chi connectivity index (χ2v) is 5.93. The first-order valence-electron chi connectivity index (χ1n) is 7.35. The lowest BCUT2D eigenvalue weighted by atomic mass is 10.1. The maximum atomic E-state index is 12.4. The smallest absolute Gasteiger partial charge is 0.408 e. The molecular formula is C15H24N2O5. The third kappa shape index (κ3) is 6.15. The monoisotopic (exact) mass is 312 g/mol. The fourth-order valence-electron chi connectivity index (χ4n) is 1.92. The van der Waals surface area contributed by atoms with E-state index in [1.807, 2.05) is 0 Å². The highest BCUT2D eigenvalue weighted by atomic mass is 16.6. The van der Waals surface area contributed by atoms with Gasteiger partial charge in [0.1, 0.15) is 18.2 Å². The summed E-state index contributed by atoms with van der Waals surface area (Å²) < 4.78 is 9.99. The van der Waals surface area contributed by atoms with Crippen LogP contribution in [0.3, 0.4) is 0 Å². The van der Waals surface area contributed by atoms with Gasteiger partial charge in [0.2, 0.25) is 5.91 Å². The number of carbonyl (C=O) groups excluding carboxylic acids is 3. The minimum atomic E-state index is -0.723. The van der Waals surface area contributed by atoms with E-state index >= 15 is 0 Å². The Hall–Kier alpha value is -2.05. The van der Waals surface area contributed by atoms with Crippen molar-refractivity contribution in [1.82, 2.24) is 10.2 Å². The molecule has 1 aliphatic rings. The molecule has 1 rings (SSSR count). The molecule has 0 aromatic rings. The number of allylic oxidation sites excluding steroid dienone is 1. The van der Waals surface area contributed by atoms with Gasteiger partial charge in [0.15, 0.2) is 0 Å². The molecule has 0 aromatic carbocycles. The molecule has 0 saturated carbocycles. The number of ether oxygens (including phenoxy) is 2. The first-order valence-corrected chi connectivity index (χ1v) is 7.35. The molecular weight excluding hydrogens is 288 g/mol. The van der Waals surface area contributed by atoms with E-state index < -0.39 is 23.7 Å². The summed E-state index contributed by atoms with van der Waals surface area (Å²) in [5.74, 6) is -0.842. The largest absolute Gasteiger partial charge is 0.465 e. The van der Waals surface area contributed by atoms with E-state index in [-0.39, 0.29) is 19.1 Å². The van der Waals surface area contributed by atoms with Crippen molar-refractivity contribution in [3.8, 4) is 0 Å². The molecule has 0 aliphatic carbocycles. The number of nitrogens with zero attached hydrogens (tertiary/aromatic N) is 1. The topological polar surface area (TPSA) is 84.9 Å². The molecule has 1 N–H and O–H groups in total. The van der Waals surface area contributed by atoms with Crippen molar-refractivity contribution in [3.63, 3.8) is 0 Å². The summed E-state index contributed by atoms with van der Waals surface area (Å²) in [7, 11) is 0. The molecule has 1 heterocycles. The lowest BCUT2D eigenvalue weighted by molar-refractivity contribution is -0.147. The first kappa shape index (κ1) is 18.0. The highest BCUT2D eigenvalue weighted by Gasteiger charge is 2.29. The fraction of sp³-hybridized carbons (Fsp3) is 0.667. The molecule has 1 atom stereocenters. The van der Waals surface area contributed by atoms with Crippen LogP contribution in [0.1, 0.15) is 40.5 Å². The van der Waals surface area contributed by atoms with Crippen molar-refractivity contribution in [2.75, 3.05) is 13.2 Å². The maximum absolute atomic E-state index is 12.4. The highest BCUT2D eigenvalue weighted by molar-refractivity contribution is 5.89. The number of nitrogens with one attached hydrogen (secondary N) is 1. The molecule has 7 nitrogen and oxygen atoms in total. The van der Waals surface area contributed by atoms with Crippen molar-refractivity contribution in [2.24, 2.45) is 0 Å². The maximum Gasteiger partial charge on any atom is 0.408 e. The van der Waals surface area contributed by atoms with Gasteiger partial charge in [-0.25, -0.2) is 4.79 Å². The van der Waals surface area contributed by atoms with Crippen LogP contribution in [0, 0.1) is 0 Å². The Morgan fingerprint density at radius 1 is 1.41 bits per heavy atom. The third-order valence-corrected chi connectivity index (χ3v) is 2.78. The van der Waals surface area contributed by atoms with E-state index in [0.29, 0.717) is 12.8 Å². The number of carbonyl (C=O) groups is 3. The van der Waals surface area contributed by atoms with E-state index in [1.54, 1.807) is 40.0 Å². The first-order chi connectivity index (χ1) is 10.2. The van der Waals surface area contributed by atoms with Crippen molar-refractivity contribution in [1.29, 1.82) is 0 Å². The lowest BCUT2D eigenvalue weighted by Gasteiger charge is -2.25. The van der Waals surface area contributed by atoms with Gasteiger partial charge in [0.05, 0.1) is 6.61 Å². The molecule has 0 saturated heterocycles. The van der Waals surface area contributed by atoms with E-state index in [9.17, 15) is 14.4 Å². The molecule has 1 aliphatic heterocycles. The molecule has 0 radical (unpaired) electrons. The standard InChI is InChI=1S/C15H24N2O5/c1-5-21-12(18)10-17-9-7-6-8-11(13(17)19)16-14(20)22-15(2,3)4/h7,9,11H,5-6,8,10H2,1-4H3,(H,16,20). The Bertz CT molecular complexity index is 453. The van der Waals surface area contributed by atoms with Crippen LogP contribution in [0.4, 0.5) is 4.79 Å². The Kier molecular flexibility index (Phi) is 6.39. The van der Waals surface area contributed by atoms with Crippen LogP contribution in [0.15, 0.2) is 12.3 Å². The molecule has 124 valence electrons.